The Morgan fingerprint density at radius 3 is 1.92 bits per heavy atom. The monoisotopic (exact) mass is 351 g/mol. The molecule has 148 valence electrons. The lowest BCUT2D eigenvalue weighted by Gasteiger charge is -2.15. The van der Waals surface area contributed by atoms with Crippen LogP contribution in [0.3, 0.4) is 0 Å². The molecule has 0 bridgehead atoms. The Morgan fingerprint density at radius 2 is 1.28 bits per heavy atom. The van der Waals surface area contributed by atoms with Crippen molar-refractivity contribution < 1.29 is 4.74 Å². The molecule has 0 amide bonds. The molecule has 0 aliphatic heterocycles. The Kier molecular flexibility index (Phi) is 20.9. The third-order valence-electron chi connectivity index (χ3n) is 4.41. The van der Waals surface area contributed by atoms with Gasteiger partial charge in [0, 0.05) is 6.61 Å². The van der Waals surface area contributed by atoms with Gasteiger partial charge in [-0.3, -0.25) is 4.90 Å². The molecule has 0 atom stereocenters. The summed E-state index contributed by atoms with van der Waals surface area (Å²) >= 11 is 0. The molecule has 0 aromatic rings. The number of hydrogen-bond donors (Lipinski definition) is 0. The first kappa shape index (κ1) is 24.4. The van der Waals surface area contributed by atoms with Crippen LogP contribution < -0.4 is 0 Å². The zero-order valence-corrected chi connectivity index (χ0v) is 17.5. The van der Waals surface area contributed by atoms with Crippen LogP contribution in [0.1, 0.15) is 97.3 Å². The predicted molar refractivity (Wildman–Crippen MR) is 113 cm³/mol. The van der Waals surface area contributed by atoms with Gasteiger partial charge in [-0.15, -0.1) is 0 Å². The number of rotatable bonds is 19. The zero-order chi connectivity index (χ0) is 18.4. The van der Waals surface area contributed by atoms with Gasteiger partial charge in [0.05, 0.1) is 6.73 Å². The van der Waals surface area contributed by atoms with Crippen LogP contribution in [-0.2, 0) is 4.74 Å². The van der Waals surface area contributed by atoms with Gasteiger partial charge in [0.1, 0.15) is 0 Å². The van der Waals surface area contributed by atoms with Crippen LogP contribution in [0.25, 0.3) is 0 Å². The second kappa shape index (κ2) is 21.4. The maximum absolute atomic E-state index is 5.68. The third-order valence-corrected chi connectivity index (χ3v) is 4.41. The van der Waals surface area contributed by atoms with E-state index in [2.05, 4.69) is 50.1 Å². The Labute approximate surface area is 158 Å². The Morgan fingerprint density at radius 1 is 0.680 bits per heavy atom. The van der Waals surface area contributed by atoms with Gasteiger partial charge >= 0.3 is 0 Å². The lowest BCUT2D eigenvalue weighted by molar-refractivity contribution is 0.0409. The van der Waals surface area contributed by atoms with Crippen molar-refractivity contribution in [2.75, 3.05) is 26.9 Å². The Balaban J connectivity index is 3.17. The van der Waals surface area contributed by atoms with Gasteiger partial charge in [-0.25, -0.2) is 0 Å². The fourth-order valence-electron chi connectivity index (χ4n) is 2.86. The standard InChI is InChI=1S/C23H45NO/c1-4-6-7-8-9-10-11-12-13-14-15-16-17-18-19-20-22-25-23-24(3)21-5-2/h9-10,12-13H,4-8,11,14-23H2,1-3H3/b10-9-,13-12-. The molecule has 25 heavy (non-hydrogen) atoms. The van der Waals surface area contributed by atoms with E-state index in [1.165, 1.54) is 77.0 Å². The van der Waals surface area contributed by atoms with E-state index in [9.17, 15) is 0 Å². The fourth-order valence-corrected chi connectivity index (χ4v) is 2.86. The van der Waals surface area contributed by atoms with Crippen LogP contribution >= 0.6 is 0 Å². The van der Waals surface area contributed by atoms with Crippen LogP contribution in [0.5, 0.6) is 0 Å². The van der Waals surface area contributed by atoms with Gasteiger partial charge in [-0.05, 0) is 58.5 Å². The molecule has 0 heterocycles. The number of ether oxygens (including phenoxy) is 1. The van der Waals surface area contributed by atoms with E-state index >= 15 is 0 Å². The van der Waals surface area contributed by atoms with Crippen LogP contribution in [-0.4, -0.2) is 31.8 Å². The predicted octanol–water partition coefficient (Wildman–Crippen LogP) is 7.12. The van der Waals surface area contributed by atoms with Crippen molar-refractivity contribution in [1.29, 1.82) is 0 Å². The summed E-state index contributed by atoms with van der Waals surface area (Å²) in [5, 5.41) is 0. The minimum atomic E-state index is 0.786. The lowest BCUT2D eigenvalue weighted by Crippen LogP contribution is -2.22. The Hall–Kier alpha value is -0.600. The molecule has 0 radical (unpaired) electrons. The normalized spacial score (nSPS) is 12.2. The van der Waals surface area contributed by atoms with Gasteiger partial charge in [0.2, 0.25) is 0 Å². The number of nitrogens with zero attached hydrogens (tertiary/aromatic N) is 1. The summed E-state index contributed by atoms with van der Waals surface area (Å²) in [6.07, 6.45) is 26.1. The average Bonchev–Trinajstić information content (AvgIpc) is 2.61. The number of allylic oxidation sites excluding steroid dienone is 4. The van der Waals surface area contributed by atoms with E-state index < -0.39 is 0 Å². The van der Waals surface area contributed by atoms with E-state index in [1.54, 1.807) is 0 Å². The molecule has 0 N–H and O–H groups in total. The van der Waals surface area contributed by atoms with Gasteiger partial charge in [0.15, 0.2) is 0 Å². The Bertz CT molecular complexity index is 298. The first-order chi connectivity index (χ1) is 12.3. The molecular weight excluding hydrogens is 306 g/mol. The molecule has 0 unspecified atom stereocenters. The van der Waals surface area contributed by atoms with Crippen molar-refractivity contribution in [2.45, 2.75) is 97.3 Å². The molecule has 0 spiro atoms. The first-order valence-electron chi connectivity index (χ1n) is 10.9. The summed E-state index contributed by atoms with van der Waals surface area (Å²) in [6, 6.07) is 0. The van der Waals surface area contributed by atoms with Crippen LogP contribution in [0.4, 0.5) is 0 Å². The molecular formula is C23H45NO. The number of hydrogen-bond acceptors (Lipinski definition) is 2. The summed E-state index contributed by atoms with van der Waals surface area (Å²) in [5.41, 5.74) is 0. The highest BCUT2D eigenvalue weighted by Gasteiger charge is 1.96. The molecule has 0 saturated heterocycles. The first-order valence-corrected chi connectivity index (χ1v) is 10.9. The summed E-state index contributed by atoms with van der Waals surface area (Å²) in [6.45, 7) is 7.30. The van der Waals surface area contributed by atoms with Gasteiger partial charge in [-0.1, -0.05) is 76.7 Å². The van der Waals surface area contributed by atoms with Crippen molar-refractivity contribution in [3.63, 3.8) is 0 Å². The highest BCUT2D eigenvalue weighted by atomic mass is 16.5. The van der Waals surface area contributed by atoms with Gasteiger partial charge in [-0.2, -0.15) is 0 Å². The van der Waals surface area contributed by atoms with E-state index in [0.717, 1.165) is 26.3 Å². The molecule has 0 saturated carbocycles. The molecule has 2 nitrogen and oxygen atoms in total. The highest BCUT2D eigenvalue weighted by molar-refractivity contribution is 4.92. The average molecular weight is 352 g/mol. The molecule has 2 heteroatoms. The fraction of sp³-hybridized carbons (Fsp3) is 0.826. The van der Waals surface area contributed by atoms with E-state index in [1.807, 2.05) is 0 Å². The zero-order valence-electron chi connectivity index (χ0n) is 17.5. The molecule has 0 rings (SSSR count). The van der Waals surface area contributed by atoms with Crippen LogP contribution in [0.15, 0.2) is 24.3 Å². The largest absolute Gasteiger partial charge is 0.366 e. The van der Waals surface area contributed by atoms with Crippen molar-refractivity contribution >= 4 is 0 Å². The summed E-state index contributed by atoms with van der Waals surface area (Å²) in [5.74, 6) is 0. The minimum absolute atomic E-state index is 0.786. The smallest absolute Gasteiger partial charge is 0.0987 e. The lowest BCUT2D eigenvalue weighted by atomic mass is 10.1. The summed E-state index contributed by atoms with van der Waals surface area (Å²) in [4.78, 5) is 2.25. The topological polar surface area (TPSA) is 12.5 Å². The quantitative estimate of drug-likeness (QED) is 0.140. The maximum Gasteiger partial charge on any atom is 0.0987 e. The maximum atomic E-state index is 5.68. The van der Waals surface area contributed by atoms with E-state index in [-0.39, 0.29) is 0 Å². The second-order valence-corrected chi connectivity index (χ2v) is 7.20. The van der Waals surface area contributed by atoms with Crippen LogP contribution in [0.2, 0.25) is 0 Å². The van der Waals surface area contributed by atoms with E-state index in [0.29, 0.717) is 0 Å². The second-order valence-electron chi connectivity index (χ2n) is 7.20. The summed E-state index contributed by atoms with van der Waals surface area (Å²) < 4.78 is 5.68. The molecule has 0 aliphatic carbocycles. The molecule has 0 aromatic heterocycles. The van der Waals surface area contributed by atoms with Crippen molar-refractivity contribution in [1.82, 2.24) is 4.90 Å². The number of unbranched alkanes of at least 4 members (excludes halogenated alkanes) is 9. The highest BCUT2D eigenvalue weighted by Crippen LogP contribution is 2.08. The minimum Gasteiger partial charge on any atom is -0.366 e. The van der Waals surface area contributed by atoms with Gasteiger partial charge in [0.25, 0.3) is 0 Å². The third kappa shape index (κ3) is 21.4. The summed E-state index contributed by atoms with van der Waals surface area (Å²) in [7, 11) is 2.13. The molecule has 0 aliphatic rings. The van der Waals surface area contributed by atoms with Crippen LogP contribution in [0, 0.1) is 0 Å². The molecule has 0 aromatic carbocycles. The van der Waals surface area contributed by atoms with Crippen molar-refractivity contribution in [3.8, 4) is 0 Å². The SMILES string of the molecule is CCCCC/C=C\C/C=C\CCCCCCCCOCN(C)CCC. The van der Waals surface area contributed by atoms with Gasteiger partial charge < -0.3 is 4.74 Å². The van der Waals surface area contributed by atoms with Crippen molar-refractivity contribution in [2.24, 2.45) is 0 Å². The van der Waals surface area contributed by atoms with E-state index in [4.69, 9.17) is 4.74 Å². The molecule has 0 fully saturated rings. The van der Waals surface area contributed by atoms with Crippen molar-refractivity contribution in [3.05, 3.63) is 24.3 Å².